The Balaban J connectivity index is 1.29. The Kier molecular flexibility index (Phi) is 4.85. The van der Waals surface area contributed by atoms with Crippen molar-refractivity contribution in [2.24, 2.45) is 17.8 Å². The number of rotatable bonds is 3. The van der Waals surface area contributed by atoms with Crippen LogP contribution in [-0.4, -0.2) is 59.5 Å². The largest absolute Gasteiger partial charge is 0.342 e. The lowest BCUT2D eigenvalue weighted by atomic mass is 9.84. The average molecular weight is 344 g/mol. The third-order valence-electron chi connectivity index (χ3n) is 6.15. The molecular weight excluding hydrogens is 316 g/mol. The first-order valence-corrected chi connectivity index (χ1v) is 9.51. The summed E-state index contributed by atoms with van der Waals surface area (Å²) in [6.45, 7) is 6.73. The highest BCUT2D eigenvalue weighted by atomic mass is 16.2. The maximum absolute atomic E-state index is 12.7. The van der Waals surface area contributed by atoms with Crippen LogP contribution in [0, 0.1) is 17.8 Å². The summed E-state index contributed by atoms with van der Waals surface area (Å²) in [6, 6.07) is 2.08. The van der Waals surface area contributed by atoms with Gasteiger partial charge in [0.1, 0.15) is 0 Å². The number of hydrogen-bond acceptors (Lipinski definition) is 6. The third kappa shape index (κ3) is 3.48. The summed E-state index contributed by atoms with van der Waals surface area (Å²) in [7, 11) is 0. The first kappa shape index (κ1) is 16.7. The Morgan fingerprint density at radius 3 is 2.52 bits per heavy atom. The molecule has 136 valence electrons. The number of hydrazine groups is 1. The predicted molar refractivity (Wildman–Crippen MR) is 95.7 cm³/mol. The number of nitrogens with one attached hydrogen (secondary N) is 2. The number of aromatic nitrogens is 2. The molecule has 3 aliphatic rings. The van der Waals surface area contributed by atoms with E-state index in [2.05, 4.69) is 37.5 Å². The van der Waals surface area contributed by atoms with Crippen molar-refractivity contribution in [3.8, 4) is 0 Å². The van der Waals surface area contributed by atoms with E-state index in [9.17, 15) is 4.79 Å². The van der Waals surface area contributed by atoms with E-state index in [0.717, 1.165) is 51.0 Å². The predicted octanol–water partition coefficient (Wildman–Crippen LogP) is 0.654. The maximum atomic E-state index is 12.7. The Bertz CT molecular complexity index is 588. The van der Waals surface area contributed by atoms with Gasteiger partial charge in [-0.25, -0.2) is 9.97 Å². The van der Waals surface area contributed by atoms with Crippen LogP contribution >= 0.6 is 0 Å². The van der Waals surface area contributed by atoms with Gasteiger partial charge in [-0.1, -0.05) is 0 Å². The Morgan fingerprint density at radius 2 is 1.84 bits per heavy atom. The van der Waals surface area contributed by atoms with Gasteiger partial charge in [0.05, 0.1) is 5.92 Å². The minimum atomic E-state index is 0.0795. The van der Waals surface area contributed by atoms with Gasteiger partial charge in [0.2, 0.25) is 11.9 Å². The van der Waals surface area contributed by atoms with Gasteiger partial charge in [-0.3, -0.25) is 15.6 Å². The van der Waals surface area contributed by atoms with Gasteiger partial charge in [0, 0.05) is 51.2 Å². The zero-order chi connectivity index (χ0) is 17.2. The van der Waals surface area contributed by atoms with Crippen molar-refractivity contribution in [2.75, 3.05) is 37.6 Å². The SMILES string of the molecule is CC1NNCC1C(=O)N1CCC(C2CCN(c3ncccn3)CC2)C1. The van der Waals surface area contributed by atoms with E-state index in [-0.39, 0.29) is 12.0 Å². The first-order valence-electron chi connectivity index (χ1n) is 9.51. The first-order chi connectivity index (χ1) is 12.2. The second kappa shape index (κ2) is 7.25. The molecule has 3 atom stereocenters. The number of hydrogen-bond donors (Lipinski definition) is 2. The number of carbonyl (C=O) groups is 1. The lowest BCUT2D eigenvalue weighted by Gasteiger charge is -2.34. The molecule has 3 aliphatic heterocycles. The summed E-state index contributed by atoms with van der Waals surface area (Å²) in [4.78, 5) is 25.9. The van der Waals surface area contributed by atoms with E-state index in [1.165, 1.54) is 12.8 Å². The molecule has 1 aromatic rings. The number of piperidine rings is 1. The van der Waals surface area contributed by atoms with Crippen LogP contribution in [0.3, 0.4) is 0 Å². The van der Waals surface area contributed by atoms with Crippen molar-refractivity contribution in [1.82, 2.24) is 25.7 Å². The Morgan fingerprint density at radius 1 is 1.12 bits per heavy atom. The second-order valence-corrected chi connectivity index (χ2v) is 7.63. The molecule has 7 heteroatoms. The maximum Gasteiger partial charge on any atom is 0.228 e. The molecule has 2 N–H and O–H groups in total. The third-order valence-corrected chi connectivity index (χ3v) is 6.15. The van der Waals surface area contributed by atoms with E-state index in [1.54, 1.807) is 0 Å². The molecule has 7 nitrogen and oxygen atoms in total. The zero-order valence-corrected chi connectivity index (χ0v) is 14.9. The molecule has 0 aromatic carbocycles. The van der Waals surface area contributed by atoms with Crippen molar-refractivity contribution in [3.63, 3.8) is 0 Å². The van der Waals surface area contributed by atoms with Crippen LogP contribution < -0.4 is 15.8 Å². The lowest BCUT2D eigenvalue weighted by Crippen LogP contribution is -2.41. The van der Waals surface area contributed by atoms with Crippen molar-refractivity contribution < 1.29 is 4.79 Å². The van der Waals surface area contributed by atoms with Crippen LogP contribution in [0.5, 0.6) is 0 Å². The molecule has 1 aromatic heterocycles. The van der Waals surface area contributed by atoms with Crippen LogP contribution in [0.4, 0.5) is 5.95 Å². The summed E-state index contributed by atoms with van der Waals surface area (Å²) in [6.07, 6.45) is 7.12. The van der Waals surface area contributed by atoms with Crippen LogP contribution in [0.1, 0.15) is 26.2 Å². The van der Waals surface area contributed by atoms with Gasteiger partial charge < -0.3 is 9.80 Å². The molecule has 0 radical (unpaired) electrons. The number of amides is 1. The van der Waals surface area contributed by atoms with Gasteiger partial charge in [-0.05, 0) is 44.1 Å². The van der Waals surface area contributed by atoms with Crippen LogP contribution in [-0.2, 0) is 4.79 Å². The highest BCUT2D eigenvalue weighted by molar-refractivity contribution is 5.80. The molecule has 4 heterocycles. The normalized spacial score (nSPS) is 30.8. The van der Waals surface area contributed by atoms with Gasteiger partial charge in [0.25, 0.3) is 0 Å². The van der Waals surface area contributed by atoms with E-state index < -0.39 is 0 Å². The molecule has 1 amide bonds. The fourth-order valence-corrected chi connectivity index (χ4v) is 4.54. The number of likely N-dealkylation sites (tertiary alicyclic amines) is 1. The van der Waals surface area contributed by atoms with Crippen molar-refractivity contribution >= 4 is 11.9 Å². The summed E-state index contributed by atoms with van der Waals surface area (Å²) in [5, 5.41) is 0. The molecule has 0 spiro atoms. The minimum absolute atomic E-state index is 0.0795. The number of carbonyl (C=O) groups excluding carboxylic acids is 1. The quantitative estimate of drug-likeness (QED) is 0.839. The second-order valence-electron chi connectivity index (χ2n) is 7.63. The minimum Gasteiger partial charge on any atom is -0.342 e. The highest BCUT2D eigenvalue weighted by Crippen LogP contribution is 2.33. The molecule has 0 saturated carbocycles. The summed E-state index contributed by atoms with van der Waals surface area (Å²) in [5.41, 5.74) is 6.26. The average Bonchev–Trinajstić information content (AvgIpc) is 3.31. The topological polar surface area (TPSA) is 73.4 Å². The van der Waals surface area contributed by atoms with E-state index >= 15 is 0 Å². The van der Waals surface area contributed by atoms with E-state index in [1.807, 2.05) is 18.5 Å². The van der Waals surface area contributed by atoms with E-state index in [4.69, 9.17) is 0 Å². The number of nitrogens with zero attached hydrogens (tertiary/aromatic N) is 4. The smallest absolute Gasteiger partial charge is 0.228 e. The number of anilines is 1. The Labute approximate surface area is 149 Å². The van der Waals surface area contributed by atoms with Crippen LogP contribution in [0.2, 0.25) is 0 Å². The van der Waals surface area contributed by atoms with Gasteiger partial charge in [-0.15, -0.1) is 0 Å². The van der Waals surface area contributed by atoms with Gasteiger partial charge in [-0.2, -0.15) is 0 Å². The molecule has 0 aliphatic carbocycles. The summed E-state index contributed by atoms with van der Waals surface area (Å²) in [5.74, 6) is 2.62. The molecule has 3 saturated heterocycles. The van der Waals surface area contributed by atoms with Gasteiger partial charge >= 0.3 is 0 Å². The molecular formula is C18H28N6O. The summed E-state index contributed by atoms with van der Waals surface area (Å²) < 4.78 is 0. The van der Waals surface area contributed by atoms with E-state index in [0.29, 0.717) is 11.8 Å². The molecule has 4 rings (SSSR count). The lowest BCUT2D eigenvalue weighted by molar-refractivity contribution is -0.134. The van der Waals surface area contributed by atoms with Crippen LogP contribution in [0.15, 0.2) is 18.5 Å². The molecule has 3 fully saturated rings. The van der Waals surface area contributed by atoms with Crippen molar-refractivity contribution in [1.29, 1.82) is 0 Å². The fourth-order valence-electron chi connectivity index (χ4n) is 4.54. The van der Waals surface area contributed by atoms with Gasteiger partial charge in [0.15, 0.2) is 0 Å². The highest BCUT2D eigenvalue weighted by Gasteiger charge is 2.38. The molecule has 0 bridgehead atoms. The zero-order valence-electron chi connectivity index (χ0n) is 14.9. The fraction of sp³-hybridized carbons (Fsp3) is 0.722. The molecule has 25 heavy (non-hydrogen) atoms. The van der Waals surface area contributed by atoms with Crippen molar-refractivity contribution in [2.45, 2.75) is 32.2 Å². The standard InChI is InChI=1S/C18H28N6O/c1-13-16(11-21-22-13)17(25)24-10-5-15(12-24)14-3-8-23(9-4-14)18-19-6-2-7-20-18/h2,6-7,13-16,21-22H,3-5,8-12H2,1H3. The van der Waals surface area contributed by atoms with Crippen LogP contribution in [0.25, 0.3) is 0 Å². The van der Waals surface area contributed by atoms with Crippen molar-refractivity contribution in [3.05, 3.63) is 18.5 Å². The Hall–Kier alpha value is -1.73. The monoisotopic (exact) mass is 344 g/mol. The summed E-state index contributed by atoms with van der Waals surface area (Å²) >= 11 is 0. The molecule has 3 unspecified atom stereocenters.